The first-order valence-corrected chi connectivity index (χ1v) is 10.8. The molecule has 7 heteroatoms. The van der Waals surface area contributed by atoms with Crippen LogP contribution in [0.5, 0.6) is 5.75 Å². The first kappa shape index (κ1) is 20.5. The van der Waals surface area contributed by atoms with Gasteiger partial charge in [0.05, 0.1) is 12.2 Å². The van der Waals surface area contributed by atoms with Gasteiger partial charge in [0.15, 0.2) is 11.2 Å². The zero-order valence-electron chi connectivity index (χ0n) is 15.9. The quantitative estimate of drug-likeness (QED) is 0.410. The summed E-state index contributed by atoms with van der Waals surface area (Å²) in [5.41, 5.74) is 0.884. The van der Waals surface area contributed by atoms with Gasteiger partial charge in [-0.2, -0.15) is 0 Å². The molecule has 0 fully saturated rings. The molecular formula is C21H25N3O2S2. The van der Waals surface area contributed by atoms with Crippen molar-refractivity contribution in [2.45, 2.75) is 24.3 Å². The van der Waals surface area contributed by atoms with E-state index in [4.69, 9.17) is 17.0 Å². The molecule has 0 radical (unpaired) electrons. The molecule has 1 heterocycles. The van der Waals surface area contributed by atoms with E-state index in [9.17, 15) is 4.79 Å². The normalized spacial score (nSPS) is 15.3. The smallest absolute Gasteiger partial charge is 0.262 e. The van der Waals surface area contributed by atoms with Gasteiger partial charge in [-0.3, -0.25) is 4.79 Å². The van der Waals surface area contributed by atoms with Crippen LogP contribution < -0.4 is 20.3 Å². The van der Waals surface area contributed by atoms with Crippen LogP contribution in [0.4, 0.5) is 5.69 Å². The first-order valence-electron chi connectivity index (χ1n) is 9.45. The second kappa shape index (κ2) is 10.3. The van der Waals surface area contributed by atoms with Crippen LogP contribution in [0.3, 0.4) is 0 Å². The molecule has 1 atom stereocenters. The molecule has 0 aliphatic carbocycles. The Kier molecular flexibility index (Phi) is 7.56. The van der Waals surface area contributed by atoms with Crippen molar-refractivity contribution in [2.24, 2.45) is 0 Å². The number of anilines is 1. The monoisotopic (exact) mass is 415 g/mol. The Labute approximate surface area is 175 Å². The molecule has 0 saturated heterocycles. The molecule has 0 spiro atoms. The molecule has 148 valence electrons. The van der Waals surface area contributed by atoms with E-state index >= 15 is 0 Å². The molecule has 1 aliphatic rings. The van der Waals surface area contributed by atoms with Crippen molar-refractivity contribution in [1.29, 1.82) is 0 Å². The average molecular weight is 416 g/mol. The Morgan fingerprint density at radius 1 is 1.14 bits per heavy atom. The van der Waals surface area contributed by atoms with E-state index in [1.54, 1.807) is 11.8 Å². The van der Waals surface area contributed by atoms with Crippen molar-refractivity contribution in [3.63, 3.8) is 0 Å². The van der Waals surface area contributed by atoms with Crippen LogP contribution in [0.25, 0.3) is 0 Å². The molecule has 5 nitrogen and oxygen atoms in total. The van der Waals surface area contributed by atoms with Gasteiger partial charge in [-0.25, -0.2) is 0 Å². The molecule has 0 unspecified atom stereocenters. The Balaban J connectivity index is 1.60. The Morgan fingerprint density at radius 2 is 1.89 bits per heavy atom. The number of carbonyl (C=O) groups excluding carboxylic acids is 1. The molecule has 2 aromatic rings. The van der Waals surface area contributed by atoms with Crippen molar-refractivity contribution < 1.29 is 9.53 Å². The minimum atomic E-state index is -0.583. The number of amides is 1. The van der Waals surface area contributed by atoms with E-state index in [1.807, 2.05) is 54.3 Å². The summed E-state index contributed by atoms with van der Waals surface area (Å²) in [7, 11) is 0. The van der Waals surface area contributed by atoms with Gasteiger partial charge in [0.2, 0.25) is 0 Å². The van der Waals surface area contributed by atoms with Crippen molar-refractivity contribution >= 4 is 40.7 Å². The van der Waals surface area contributed by atoms with Crippen LogP contribution in [0.2, 0.25) is 0 Å². The standard InChI is InChI=1S/C21H25N3O2S2/c1-2-12-22-20(25)19-15-24(17-10-6-7-11-18(17)26-19)21(27)23-13-14-28-16-8-4-3-5-9-16/h3-11,19H,2,12-15H2,1H3,(H,22,25)(H,23,27)/t19-/m0/s1. The van der Waals surface area contributed by atoms with Gasteiger partial charge in [-0.1, -0.05) is 37.3 Å². The molecule has 0 saturated carbocycles. The highest BCUT2D eigenvalue weighted by Crippen LogP contribution is 2.33. The number of para-hydroxylation sites is 2. The van der Waals surface area contributed by atoms with Crippen molar-refractivity contribution in [1.82, 2.24) is 10.6 Å². The number of fused-ring (bicyclic) bond motifs is 1. The van der Waals surface area contributed by atoms with Crippen LogP contribution in [-0.4, -0.2) is 42.5 Å². The maximum atomic E-state index is 12.4. The Bertz CT molecular complexity index is 801. The second-order valence-corrected chi connectivity index (χ2v) is 7.92. The minimum Gasteiger partial charge on any atom is -0.477 e. The van der Waals surface area contributed by atoms with Gasteiger partial charge in [-0.15, -0.1) is 11.8 Å². The fourth-order valence-corrected chi connectivity index (χ4v) is 3.93. The third kappa shape index (κ3) is 5.39. The summed E-state index contributed by atoms with van der Waals surface area (Å²) in [4.78, 5) is 15.6. The zero-order chi connectivity index (χ0) is 19.8. The first-order chi connectivity index (χ1) is 13.7. The SMILES string of the molecule is CCCNC(=O)[C@@H]1CN(C(=S)NCCSc2ccccc2)c2ccccc2O1. The number of benzene rings is 2. The molecule has 0 bridgehead atoms. The number of hydrogen-bond donors (Lipinski definition) is 2. The maximum Gasteiger partial charge on any atom is 0.262 e. The number of thioether (sulfide) groups is 1. The zero-order valence-corrected chi connectivity index (χ0v) is 17.5. The van der Waals surface area contributed by atoms with Crippen LogP contribution in [0.15, 0.2) is 59.5 Å². The van der Waals surface area contributed by atoms with Gasteiger partial charge >= 0.3 is 0 Å². The summed E-state index contributed by atoms with van der Waals surface area (Å²) in [6.07, 6.45) is 0.303. The van der Waals surface area contributed by atoms with E-state index in [1.165, 1.54) is 4.90 Å². The fraction of sp³-hybridized carbons (Fsp3) is 0.333. The number of carbonyl (C=O) groups is 1. The molecule has 1 amide bonds. The fourth-order valence-electron chi connectivity index (χ4n) is 2.86. The van der Waals surface area contributed by atoms with Crippen molar-refractivity contribution in [3.8, 4) is 5.75 Å². The molecule has 3 rings (SSSR count). The van der Waals surface area contributed by atoms with Crippen LogP contribution in [-0.2, 0) is 4.79 Å². The molecule has 28 heavy (non-hydrogen) atoms. The second-order valence-electron chi connectivity index (χ2n) is 6.37. The van der Waals surface area contributed by atoms with Crippen LogP contribution in [0.1, 0.15) is 13.3 Å². The average Bonchev–Trinajstić information content (AvgIpc) is 2.74. The van der Waals surface area contributed by atoms with Gasteiger partial charge in [0, 0.05) is 23.7 Å². The number of hydrogen-bond acceptors (Lipinski definition) is 4. The van der Waals surface area contributed by atoms with Crippen LogP contribution in [0, 0.1) is 0 Å². The number of thiocarbonyl (C=S) groups is 1. The topological polar surface area (TPSA) is 53.6 Å². The number of nitrogens with zero attached hydrogens (tertiary/aromatic N) is 1. The lowest BCUT2D eigenvalue weighted by molar-refractivity contribution is -0.127. The summed E-state index contributed by atoms with van der Waals surface area (Å²) in [6.45, 7) is 3.80. The molecular weight excluding hydrogens is 390 g/mol. The maximum absolute atomic E-state index is 12.4. The lowest BCUT2D eigenvalue weighted by Gasteiger charge is -2.35. The highest BCUT2D eigenvalue weighted by molar-refractivity contribution is 7.99. The highest BCUT2D eigenvalue weighted by atomic mass is 32.2. The molecule has 2 aromatic carbocycles. The highest BCUT2D eigenvalue weighted by Gasteiger charge is 2.32. The summed E-state index contributed by atoms with van der Waals surface area (Å²) >= 11 is 7.41. The Hall–Kier alpha value is -2.25. The Morgan fingerprint density at radius 3 is 2.68 bits per heavy atom. The summed E-state index contributed by atoms with van der Waals surface area (Å²) in [5.74, 6) is 1.47. The molecule has 1 aliphatic heterocycles. The lowest BCUT2D eigenvalue weighted by atomic mass is 10.2. The van der Waals surface area contributed by atoms with Gasteiger partial charge in [0.1, 0.15) is 5.75 Å². The largest absolute Gasteiger partial charge is 0.477 e. The lowest BCUT2D eigenvalue weighted by Crippen LogP contribution is -2.53. The van der Waals surface area contributed by atoms with Crippen LogP contribution >= 0.6 is 24.0 Å². The van der Waals surface area contributed by atoms with Crippen molar-refractivity contribution in [2.75, 3.05) is 30.3 Å². The van der Waals surface area contributed by atoms with E-state index in [-0.39, 0.29) is 5.91 Å². The summed E-state index contributed by atoms with van der Waals surface area (Å²) in [5, 5.41) is 6.83. The number of ether oxygens (including phenoxy) is 1. The summed E-state index contributed by atoms with van der Waals surface area (Å²) < 4.78 is 5.91. The predicted octanol–water partition coefficient (Wildman–Crippen LogP) is 3.45. The minimum absolute atomic E-state index is 0.108. The van der Waals surface area contributed by atoms with Gasteiger partial charge < -0.3 is 20.3 Å². The number of rotatable bonds is 7. The molecule has 0 aromatic heterocycles. The van der Waals surface area contributed by atoms with E-state index < -0.39 is 6.10 Å². The van der Waals surface area contributed by atoms with E-state index in [0.717, 1.165) is 24.4 Å². The number of nitrogens with one attached hydrogen (secondary N) is 2. The predicted molar refractivity (Wildman–Crippen MR) is 119 cm³/mol. The third-order valence-electron chi connectivity index (χ3n) is 4.25. The van der Waals surface area contributed by atoms with E-state index in [2.05, 4.69) is 22.8 Å². The van der Waals surface area contributed by atoms with Gasteiger partial charge in [-0.05, 0) is 42.9 Å². The summed E-state index contributed by atoms with van der Waals surface area (Å²) in [6, 6.07) is 18.0. The molecule has 2 N–H and O–H groups in total. The van der Waals surface area contributed by atoms with Gasteiger partial charge in [0.25, 0.3) is 5.91 Å². The third-order valence-corrected chi connectivity index (χ3v) is 5.63. The van der Waals surface area contributed by atoms with E-state index in [0.29, 0.717) is 24.0 Å². The van der Waals surface area contributed by atoms with Crippen molar-refractivity contribution in [3.05, 3.63) is 54.6 Å².